The average Bonchev–Trinajstić information content (AvgIpc) is 3.02. The van der Waals surface area contributed by atoms with Gasteiger partial charge in [-0.3, -0.25) is 4.57 Å². The van der Waals surface area contributed by atoms with Gasteiger partial charge in [-0.1, -0.05) is 13.8 Å². The van der Waals surface area contributed by atoms with E-state index in [2.05, 4.69) is 4.98 Å². The maximum atomic E-state index is 13.4. The van der Waals surface area contributed by atoms with Crippen LogP contribution in [0, 0.1) is 11.7 Å². The molecule has 0 amide bonds. The van der Waals surface area contributed by atoms with Crippen molar-refractivity contribution in [3.05, 3.63) is 36.1 Å². The highest BCUT2D eigenvalue weighted by molar-refractivity contribution is 7.59. The van der Waals surface area contributed by atoms with E-state index in [0.29, 0.717) is 23.8 Å². The van der Waals surface area contributed by atoms with Gasteiger partial charge in [-0.15, -0.1) is 0 Å². The van der Waals surface area contributed by atoms with Gasteiger partial charge in [0.15, 0.2) is 11.6 Å². The van der Waals surface area contributed by atoms with E-state index in [1.54, 1.807) is 6.07 Å². The number of benzene rings is 1. The van der Waals surface area contributed by atoms with Crippen molar-refractivity contribution in [1.82, 2.24) is 9.55 Å². The largest absolute Gasteiger partial charge is 0.445 e. The zero-order valence-electron chi connectivity index (χ0n) is 12.6. The second-order valence-corrected chi connectivity index (χ2v) is 7.28. The Balaban J connectivity index is 2.19. The number of fused-ring (bicyclic) bond motifs is 1. The summed E-state index contributed by atoms with van der Waals surface area (Å²) < 4.78 is 31.8. The molecule has 3 aromatic rings. The van der Waals surface area contributed by atoms with E-state index in [1.165, 1.54) is 24.3 Å². The quantitative estimate of drug-likeness (QED) is 0.714. The van der Waals surface area contributed by atoms with E-state index >= 15 is 0 Å². The molecule has 2 heterocycles. The monoisotopic (exact) mass is 338 g/mol. The van der Waals surface area contributed by atoms with Gasteiger partial charge in [0, 0.05) is 12.6 Å². The number of rotatable bonds is 4. The van der Waals surface area contributed by atoms with E-state index < -0.39 is 18.9 Å². The SMILES string of the molecule is CC(C)Cn1c(-c2ccc(P(=O)(O)O)o2)nc2cc(F)ccc21. The van der Waals surface area contributed by atoms with Crippen LogP contribution in [0.5, 0.6) is 0 Å². The molecule has 0 radical (unpaired) electrons. The van der Waals surface area contributed by atoms with Gasteiger partial charge in [-0.25, -0.2) is 9.37 Å². The molecular weight excluding hydrogens is 322 g/mol. The third-order valence-corrected chi connectivity index (χ3v) is 4.17. The highest BCUT2D eigenvalue weighted by atomic mass is 31.2. The second-order valence-electron chi connectivity index (χ2n) is 5.75. The Morgan fingerprint density at radius 2 is 2.04 bits per heavy atom. The summed E-state index contributed by atoms with van der Waals surface area (Å²) in [6.07, 6.45) is 0. The smallest absolute Gasteiger partial charge is 0.391 e. The molecule has 3 rings (SSSR count). The van der Waals surface area contributed by atoms with Gasteiger partial charge in [0.2, 0.25) is 5.50 Å². The lowest BCUT2D eigenvalue weighted by atomic mass is 10.2. The molecule has 0 unspecified atom stereocenters. The van der Waals surface area contributed by atoms with Crippen LogP contribution in [0.3, 0.4) is 0 Å². The fraction of sp³-hybridized carbons (Fsp3) is 0.267. The van der Waals surface area contributed by atoms with Gasteiger partial charge >= 0.3 is 7.60 Å². The number of hydrogen-bond donors (Lipinski definition) is 2. The molecule has 0 aliphatic rings. The Labute approximate surface area is 131 Å². The van der Waals surface area contributed by atoms with Gasteiger partial charge in [0.25, 0.3) is 0 Å². The molecule has 122 valence electrons. The summed E-state index contributed by atoms with van der Waals surface area (Å²) in [6, 6.07) is 7.01. The van der Waals surface area contributed by atoms with Gasteiger partial charge < -0.3 is 18.8 Å². The molecule has 0 spiro atoms. The number of imidazole rings is 1. The molecule has 0 bridgehead atoms. The first-order valence-electron chi connectivity index (χ1n) is 7.08. The van der Waals surface area contributed by atoms with Crippen molar-refractivity contribution in [1.29, 1.82) is 0 Å². The second kappa shape index (κ2) is 5.60. The molecule has 0 fully saturated rings. The Hall–Kier alpha value is -1.95. The minimum Gasteiger partial charge on any atom is -0.445 e. The zero-order chi connectivity index (χ0) is 16.8. The minimum atomic E-state index is -4.47. The van der Waals surface area contributed by atoms with Crippen molar-refractivity contribution < 1.29 is 23.2 Å². The van der Waals surface area contributed by atoms with Crippen molar-refractivity contribution in [2.75, 3.05) is 0 Å². The Kier molecular flexibility index (Phi) is 3.88. The van der Waals surface area contributed by atoms with Crippen molar-refractivity contribution in [3.8, 4) is 11.6 Å². The summed E-state index contributed by atoms with van der Waals surface area (Å²) in [7, 11) is -4.47. The van der Waals surface area contributed by atoms with Crippen LogP contribution in [0.1, 0.15) is 13.8 Å². The van der Waals surface area contributed by atoms with Crippen LogP contribution in [-0.2, 0) is 11.1 Å². The van der Waals surface area contributed by atoms with Gasteiger partial charge in [-0.05, 0) is 30.2 Å². The first-order chi connectivity index (χ1) is 10.8. The molecule has 23 heavy (non-hydrogen) atoms. The number of hydrogen-bond acceptors (Lipinski definition) is 3. The molecule has 0 atom stereocenters. The molecule has 0 saturated heterocycles. The van der Waals surface area contributed by atoms with E-state index in [9.17, 15) is 18.7 Å². The van der Waals surface area contributed by atoms with E-state index in [-0.39, 0.29) is 5.76 Å². The van der Waals surface area contributed by atoms with Crippen LogP contribution in [-0.4, -0.2) is 19.3 Å². The third-order valence-electron chi connectivity index (χ3n) is 3.36. The van der Waals surface area contributed by atoms with E-state index in [1.807, 2.05) is 18.4 Å². The summed E-state index contributed by atoms with van der Waals surface area (Å²) in [6.45, 7) is 4.67. The van der Waals surface area contributed by atoms with Crippen LogP contribution in [0.25, 0.3) is 22.6 Å². The highest BCUT2D eigenvalue weighted by Gasteiger charge is 2.24. The first kappa shape index (κ1) is 15.9. The van der Waals surface area contributed by atoms with Gasteiger partial charge in [-0.2, -0.15) is 0 Å². The molecule has 2 aromatic heterocycles. The van der Waals surface area contributed by atoms with E-state index in [4.69, 9.17) is 4.42 Å². The predicted molar refractivity (Wildman–Crippen MR) is 83.9 cm³/mol. The molecular formula is C15H16FN2O4P. The summed E-state index contributed by atoms with van der Waals surface area (Å²) in [5.74, 6) is 0.556. The van der Waals surface area contributed by atoms with Crippen LogP contribution in [0.2, 0.25) is 0 Å². The normalized spacial score (nSPS) is 12.4. The maximum absolute atomic E-state index is 13.4. The number of aromatic nitrogens is 2. The lowest BCUT2D eigenvalue weighted by Gasteiger charge is -2.10. The summed E-state index contributed by atoms with van der Waals surface area (Å²) in [5, 5.41) is 0. The first-order valence-corrected chi connectivity index (χ1v) is 8.69. The van der Waals surface area contributed by atoms with Crippen LogP contribution in [0.4, 0.5) is 4.39 Å². The molecule has 1 aromatic carbocycles. The predicted octanol–water partition coefficient (Wildman–Crippen LogP) is 2.89. The van der Waals surface area contributed by atoms with Gasteiger partial charge in [0.1, 0.15) is 5.82 Å². The standard InChI is InChI=1S/C15H16FN2O4P/c1-9(2)8-18-12-4-3-10(16)7-11(12)17-15(18)13-5-6-14(22-13)23(19,20)21/h3-7,9H,8H2,1-2H3,(H2,19,20,21). The molecule has 0 aliphatic carbocycles. The number of furan rings is 1. The van der Waals surface area contributed by atoms with Crippen LogP contribution in [0.15, 0.2) is 34.7 Å². The topological polar surface area (TPSA) is 88.5 Å². The lowest BCUT2D eigenvalue weighted by Crippen LogP contribution is -2.06. The number of nitrogens with zero attached hydrogens (tertiary/aromatic N) is 2. The van der Waals surface area contributed by atoms with Crippen LogP contribution < -0.4 is 5.50 Å². The Bertz CT molecular complexity index is 909. The summed E-state index contributed by atoms with van der Waals surface area (Å²) in [4.78, 5) is 22.7. The van der Waals surface area contributed by atoms with Crippen LogP contribution >= 0.6 is 7.60 Å². The van der Waals surface area contributed by atoms with Crippen molar-refractivity contribution in [2.45, 2.75) is 20.4 Å². The van der Waals surface area contributed by atoms with Crippen molar-refractivity contribution in [3.63, 3.8) is 0 Å². The Morgan fingerprint density at radius 1 is 1.30 bits per heavy atom. The molecule has 8 heteroatoms. The molecule has 2 N–H and O–H groups in total. The van der Waals surface area contributed by atoms with Gasteiger partial charge in [0.05, 0.1) is 11.0 Å². The molecule has 6 nitrogen and oxygen atoms in total. The lowest BCUT2D eigenvalue weighted by molar-refractivity contribution is 0.377. The highest BCUT2D eigenvalue weighted by Crippen LogP contribution is 2.36. The summed E-state index contributed by atoms with van der Waals surface area (Å²) in [5.41, 5.74) is 0.792. The maximum Gasteiger partial charge on any atom is 0.391 e. The Morgan fingerprint density at radius 3 is 2.65 bits per heavy atom. The number of halogens is 1. The fourth-order valence-corrected chi connectivity index (χ4v) is 2.93. The zero-order valence-corrected chi connectivity index (χ0v) is 13.5. The fourth-order valence-electron chi connectivity index (χ4n) is 2.45. The molecule has 0 saturated carbocycles. The van der Waals surface area contributed by atoms with E-state index in [0.717, 1.165) is 5.52 Å². The average molecular weight is 338 g/mol. The third kappa shape index (κ3) is 3.08. The molecule has 0 aliphatic heterocycles. The summed E-state index contributed by atoms with van der Waals surface area (Å²) >= 11 is 0. The van der Waals surface area contributed by atoms with Crippen molar-refractivity contribution in [2.24, 2.45) is 5.92 Å². The van der Waals surface area contributed by atoms with Crippen molar-refractivity contribution >= 4 is 24.1 Å². The minimum absolute atomic E-state index is 0.237.